The van der Waals surface area contributed by atoms with Gasteiger partial charge in [-0.1, -0.05) is 36.1 Å². The van der Waals surface area contributed by atoms with Gasteiger partial charge in [-0.05, 0) is 31.2 Å². The number of para-hydroxylation sites is 1. The van der Waals surface area contributed by atoms with Gasteiger partial charge in [0.15, 0.2) is 0 Å². The van der Waals surface area contributed by atoms with Crippen LogP contribution in [0, 0.1) is 18.8 Å². The summed E-state index contributed by atoms with van der Waals surface area (Å²) in [5.74, 6) is 5.87. The number of rotatable bonds is 6. The number of benzene rings is 2. The second-order valence-corrected chi connectivity index (χ2v) is 8.19. The smallest absolute Gasteiger partial charge is 0.243 e. The average Bonchev–Trinajstić information content (AvgIpc) is 2.69. The maximum atomic E-state index is 12.7. The van der Waals surface area contributed by atoms with Crippen molar-refractivity contribution in [2.45, 2.75) is 18.7 Å². The van der Waals surface area contributed by atoms with Gasteiger partial charge in [0.2, 0.25) is 15.9 Å². The van der Waals surface area contributed by atoms with E-state index in [9.17, 15) is 13.2 Å². The largest absolute Gasteiger partial charge is 0.481 e. The molecular weight excluding hydrogens is 402 g/mol. The first-order valence-electron chi connectivity index (χ1n) is 9.17. The first kappa shape index (κ1) is 21.3. The highest BCUT2D eigenvalue weighted by atomic mass is 32.2. The average molecular weight is 423 g/mol. The van der Waals surface area contributed by atoms with Crippen LogP contribution in [0.15, 0.2) is 59.5 Å². The van der Waals surface area contributed by atoms with Crippen molar-refractivity contribution in [3.8, 4) is 17.6 Å². The van der Waals surface area contributed by atoms with Crippen LogP contribution in [0.2, 0.25) is 0 Å². The van der Waals surface area contributed by atoms with E-state index in [1.807, 2.05) is 25.1 Å². The Morgan fingerprint density at radius 2 is 1.90 bits per heavy atom. The molecule has 7 nitrogen and oxygen atoms in total. The highest BCUT2D eigenvalue weighted by Gasteiger charge is 2.17. The molecule has 0 aliphatic rings. The molecule has 0 radical (unpaired) electrons. The number of hydrogen-bond acceptors (Lipinski definition) is 5. The number of amides is 1. The first-order valence-corrected chi connectivity index (χ1v) is 10.7. The molecule has 3 aromatic rings. The lowest BCUT2D eigenvalue weighted by atomic mass is 10.2. The molecule has 0 aliphatic carbocycles. The van der Waals surface area contributed by atoms with Gasteiger partial charge < -0.3 is 10.1 Å². The molecule has 1 heterocycles. The van der Waals surface area contributed by atoms with Crippen LogP contribution in [0.4, 0.5) is 5.69 Å². The summed E-state index contributed by atoms with van der Waals surface area (Å²) < 4.78 is 33.3. The number of hydrogen-bond donors (Lipinski definition) is 2. The molecule has 0 aliphatic heterocycles. The Hall–Kier alpha value is -3.41. The van der Waals surface area contributed by atoms with Crippen LogP contribution in [-0.4, -0.2) is 32.5 Å². The minimum absolute atomic E-state index is 0.0557. The van der Waals surface area contributed by atoms with Gasteiger partial charge in [0, 0.05) is 29.8 Å². The number of carbonyl (C=O) groups excluding carboxylic acids is 1. The zero-order valence-corrected chi connectivity index (χ0v) is 17.4. The lowest BCUT2D eigenvalue weighted by Gasteiger charge is -2.08. The summed E-state index contributed by atoms with van der Waals surface area (Å²) in [7, 11) is -3.76. The summed E-state index contributed by atoms with van der Waals surface area (Å²) in [6.45, 7) is 3.27. The Labute approximate surface area is 175 Å². The van der Waals surface area contributed by atoms with E-state index < -0.39 is 10.0 Å². The van der Waals surface area contributed by atoms with Crippen molar-refractivity contribution >= 4 is 32.5 Å². The molecule has 1 amide bonds. The van der Waals surface area contributed by atoms with Gasteiger partial charge in [0.05, 0.1) is 12.1 Å². The second kappa shape index (κ2) is 9.39. The number of carbonyl (C=O) groups is 1. The third-order valence-corrected chi connectivity index (χ3v) is 5.49. The predicted molar refractivity (Wildman–Crippen MR) is 116 cm³/mol. The normalized spacial score (nSPS) is 10.9. The molecule has 0 spiro atoms. The van der Waals surface area contributed by atoms with Gasteiger partial charge in [-0.25, -0.2) is 8.42 Å². The van der Waals surface area contributed by atoms with E-state index in [1.165, 1.54) is 13.0 Å². The summed E-state index contributed by atoms with van der Waals surface area (Å²) in [5, 5.41) is 3.42. The van der Waals surface area contributed by atoms with Gasteiger partial charge in [-0.2, -0.15) is 4.72 Å². The summed E-state index contributed by atoms with van der Waals surface area (Å²) in [6, 6.07) is 15.6. The quantitative estimate of drug-likeness (QED) is 0.594. The van der Waals surface area contributed by atoms with Crippen molar-refractivity contribution in [3.63, 3.8) is 0 Å². The minimum Gasteiger partial charge on any atom is -0.481 e. The molecular formula is C22H21N3O4S. The van der Waals surface area contributed by atoms with Crippen molar-refractivity contribution in [1.82, 2.24) is 9.71 Å². The standard InChI is InChI=1S/C22H21N3O4S/c1-16-11-12-18-7-5-10-21(22(18)24-16)30(27,28)23-13-3-4-14-29-20-9-6-8-19(15-20)25-17(2)26/h5-12,15,23H,13-14H2,1-2H3,(H,25,26). The molecule has 154 valence electrons. The molecule has 0 atom stereocenters. The van der Waals surface area contributed by atoms with Gasteiger partial charge in [0.1, 0.15) is 17.3 Å². The Morgan fingerprint density at radius 1 is 1.10 bits per heavy atom. The van der Waals surface area contributed by atoms with Gasteiger partial charge in [-0.3, -0.25) is 9.78 Å². The number of sulfonamides is 1. The number of fused-ring (bicyclic) bond motifs is 1. The van der Waals surface area contributed by atoms with Crippen LogP contribution in [0.25, 0.3) is 10.9 Å². The Bertz CT molecular complexity index is 1240. The molecule has 2 N–H and O–H groups in total. The van der Waals surface area contributed by atoms with Crippen LogP contribution in [0.3, 0.4) is 0 Å². The van der Waals surface area contributed by atoms with E-state index >= 15 is 0 Å². The number of nitrogens with zero attached hydrogens (tertiary/aromatic N) is 1. The van der Waals surface area contributed by atoms with Crippen LogP contribution >= 0.6 is 0 Å². The third-order valence-electron chi connectivity index (χ3n) is 4.05. The fraction of sp³-hybridized carbons (Fsp3) is 0.182. The molecule has 2 aromatic carbocycles. The highest BCUT2D eigenvalue weighted by Crippen LogP contribution is 2.21. The number of pyridine rings is 1. The monoisotopic (exact) mass is 423 g/mol. The number of nitrogens with one attached hydrogen (secondary N) is 2. The van der Waals surface area contributed by atoms with E-state index in [2.05, 4.69) is 26.9 Å². The number of aryl methyl sites for hydroxylation is 1. The van der Waals surface area contributed by atoms with Crippen LogP contribution < -0.4 is 14.8 Å². The number of ether oxygens (including phenoxy) is 1. The van der Waals surface area contributed by atoms with Crippen LogP contribution in [-0.2, 0) is 14.8 Å². The topological polar surface area (TPSA) is 97.4 Å². The summed E-state index contributed by atoms with van der Waals surface area (Å²) in [4.78, 5) is 15.6. The molecule has 0 unspecified atom stereocenters. The molecule has 1 aromatic heterocycles. The van der Waals surface area contributed by atoms with Crippen molar-refractivity contribution in [2.75, 3.05) is 18.5 Å². The molecule has 0 bridgehead atoms. The molecule has 0 fully saturated rings. The number of aromatic nitrogens is 1. The Balaban J connectivity index is 1.59. The fourth-order valence-corrected chi connectivity index (χ4v) is 3.84. The molecule has 30 heavy (non-hydrogen) atoms. The Kier molecular flexibility index (Phi) is 6.67. The van der Waals surface area contributed by atoms with Crippen molar-refractivity contribution in [1.29, 1.82) is 0 Å². The van der Waals surface area contributed by atoms with Gasteiger partial charge in [-0.15, -0.1) is 0 Å². The van der Waals surface area contributed by atoms with Crippen LogP contribution in [0.1, 0.15) is 12.6 Å². The zero-order valence-electron chi connectivity index (χ0n) is 16.6. The maximum absolute atomic E-state index is 12.7. The molecule has 3 rings (SSSR count). The maximum Gasteiger partial charge on any atom is 0.243 e. The van der Waals surface area contributed by atoms with E-state index in [0.29, 0.717) is 17.0 Å². The third kappa shape index (κ3) is 5.56. The minimum atomic E-state index is -3.76. The second-order valence-electron chi connectivity index (χ2n) is 6.46. The summed E-state index contributed by atoms with van der Waals surface area (Å²) in [6.07, 6.45) is 0. The SMILES string of the molecule is CC(=O)Nc1cccc(OCC#CCNS(=O)(=O)c2cccc3ccc(C)nc23)c1. The summed E-state index contributed by atoms with van der Waals surface area (Å²) >= 11 is 0. The highest BCUT2D eigenvalue weighted by molar-refractivity contribution is 7.89. The van der Waals surface area contributed by atoms with E-state index in [-0.39, 0.29) is 24.0 Å². The van der Waals surface area contributed by atoms with Gasteiger partial charge >= 0.3 is 0 Å². The first-order chi connectivity index (χ1) is 14.3. The fourth-order valence-electron chi connectivity index (χ4n) is 2.74. The van der Waals surface area contributed by atoms with E-state index in [0.717, 1.165) is 11.1 Å². The lowest BCUT2D eigenvalue weighted by Crippen LogP contribution is -2.24. The van der Waals surface area contributed by atoms with E-state index in [1.54, 1.807) is 30.3 Å². The van der Waals surface area contributed by atoms with Crippen molar-refractivity contribution in [3.05, 3.63) is 60.3 Å². The molecule has 8 heteroatoms. The van der Waals surface area contributed by atoms with E-state index in [4.69, 9.17) is 4.74 Å². The Morgan fingerprint density at radius 3 is 2.70 bits per heavy atom. The molecule has 0 saturated heterocycles. The van der Waals surface area contributed by atoms with Crippen molar-refractivity contribution < 1.29 is 17.9 Å². The van der Waals surface area contributed by atoms with Gasteiger partial charge in [0.25, 0.3) is 0 Å². The zero-order chi connectivity index (χ0) is 21.6. The number of anilines is 1. The predicted octanol–water partition coefficient (Wildman–Crippen LogP) is 2.86. The summed E-state index contributed by atoms with van der Waals surface area (Å²) in [5.41, 5.74) is 1.80. The lowest BCUT2D eigenvalue weighted by molar-refractivity contribution is -0.114. The molecule has 0 saturated carbocycles. The van der Waals surface area contributed by atoms with Crippen LogP contribution in [0.5, 0.6) is 5.75 Å². The van der Waals surface area contributed by atoms with Crippen molar-refractivity contribution in [2.24, 2.45) is 0 Å².